The Hall–Kier alpha value is -1.86. The van der Waals surface area contributed by atoms with Crippen LogP contribution in [-0.4, -0.2) is 23.0 Å². The number of methoxy groups -OCH3 is 1. The summed E-state index contributed by atoms with van der Waals surface area (Å²) in [4.78, 5) is 19.0. The standard InChI is InChI=1S/C12H13N3O3S/c1-17-11(16)9-3-2-7(18-9)4-15-5-8-10(6-15)19-12(13)14-8/h2-3H,4-6H2,1H3,(H2,13,14). The summed E-state index contributed by atoms with van der Waals surface area (Å²) in [5.74, 6) is 0.513. The summed E-state index contributed by atoms with van der Waals surface area (Å²) in [7, 11) is 1.33. The number of hydrogen-bond donors (Lipinski definition) is 1. The molecule has 19 heavy (non-hydrogen) atoms. The van der Waals surface area contributed by atoms with Gasteiger partial charge in [-0.15, -0.1) is 11.3 Å². The fraction of sp³-hybridized carbons (Fsp3) is 0.333. The fourth-order valence-electron chi connectivity index (χ4n) is 2.13. The van der Waals surface area contributed by atoms with Crippen molar-refractivity contribution in [2.24, 2.45) is 0 Å². The second-order valence-electron chi connectivity index (χ2n) is 4.32. The summed E-state index contributed by atoms with van der Waals surface area (Å²) >= 11 is 1.53. The molecule has 2 aromatic heterocycles. The second-order valence-corrected chi connectivity index (χ2v) is 5.44. The van der Waals surface area contributed by atoms with Gasteiger partial charge in [0.2, 0.25) is 5.76 Å². The summed E-state index contributed by atoms with van der Waals surface area (Å²) in [5, 5.41) is 0.621. The number of aromatic nitrogens is 1. The summed E-state index contributed by atoms with van der Waals surface area (Å²) in [6.45, 7) is 2.22. The van der Waals surface area contributed by atoms with Gasteiger partial charge in [0, 0.05) is 18.0 Å². The molecule has 0 radical (unpaired) electrons. The normalized spacial score (nSPS) is 14.6. The number of ether oxygens (including phenoxy) is 1. The van der Waals surface area contributed by atoms with Crippen LogP contribution in [0, 0.1) is 0 Å². The van der Waals surface area contributed by atoms with Gasteiger partial charge < -0.3 is 14.9 Å². The van der Waals surface area contributed by atoms with Crippen LogP contribution < -0.4 is 5.73 Å². The Kier molecular flexibility index (Phi) is 3.00. The van der Waals surface area contributed by atoms with Crippen molar-refractivity contribution < 1.29 is 13.9 Å². The Balaban J connectivity index is 1.66. The maximum atomic E-state index is 11.3. The highest BCUT2D eigenvalue weighted by molar-refractivity contribution is 7.15. The molecule has 7 heteroatoms. The second kappa shape index (κ2) is 4.67. The van der Waals surface area contributed by atoms with Crippen molar-refractivity contribution in [2.75, 3.05) is 12.8 Å². The SMILES string of the molecule is COC(=O)c1ccc(CN2Cc3nc(N)sc3C2)o1. The van der Waals surface area contributed by atoms with Gasteiger partial charge in [0.15, 0.2) is 5.13 Å². The van der Waals surface area contributed by atoms with Crippen LogP contribution >= 0.6 is 11.3 Å². The van der Waals surface area contributed by atoms with Gasteiger partial charge in [-0.2, -0.15) is 0 Å². The number of nitrogens with two attached hydrogens (primary N) is 1. The minimum absolute atomic E-state index is 0.230. The Morgan fingerprint density at radius 2 is 2.42 bits per heavy atom. The molecule has 0 aromatic carbocycles. The minimum atomic E-state index is -0.457. The number of thiazole rings is 1. The minimum Gasteiger partial charge on any atom is -0.463 e. The lowest BCUT2D eigenvalue weighted by atomic mass is 10.4. The molecule has 0 saturated heterocycles. The number of carbonyl (C=O) groups is 1. The topological polar surface area (TPSA) is 81.6 Å². The molecule has 100 valence electrons. The molecule has 0 atom stereocenters. The Morgan fingerprint density at radius 1 is 1.58 bits per heavy atom. The Bertz CT molecular complexity index is 596. The van der Waals surface area contributed by atoms with Crippen LogP contribution in [0.2, 0.25) is 0 Å². The number of anilines is 1. The molecular formula is C12H13N3O3S. The third-order valence-corrected chi connectivity index (χ3v) is 3.87. The first-order chi connectivity index (χ1) is 9.15. The summed E-state index contributed by atoms with van der Waals surface area (Å²) in [6.07, 6.45) is 0. The smallest absolute Gasteiger partial charge is 0.373 e. The molecule has 0 spiro atoms. The van der Waals surface area contributed by atoms with Crippen LogP contribution in [0.5, 0.6) is 0 Å². The molecule has 2 aromatic rings. The number of hydrogen-bond acceptors (Lipinski definition) is 7. The molecule has 1 aliphatic rings. The highest BCUT2D eigenvalue weighted by Crippen LogP contribution is 2.30. The van der Waals surface area contributed by atoms with E-state index in [2.05, 4.69) is 14.6 Å². The van der Waals surface area contributed by atoms with Crippen molar-refractivity contribution in [3.05, 3.63) is 34.2 Å². The van der Waals surface area contributed by atoms with Gasteiger partial charge in [0.05, 0.1) is 19.3 Å². The van der Waals surface area contributed by atoms with Crippen LogP contribution in [0.3, 0.4) is 0 Å². The zero-order valence-electron chi connectivity index (χ0n) is 10.4. The van der Waals surface area contributed by atoms with Crippen molar-refractivity contribution >= 4 is 22.4 Å². The summed E-state index contributed by atoms with van der Waals surface area (Å²) < 4.78 is 10.0. The molecule has 1 aliphatic heterocycles. The molecular weight excluding hydrogens is 266 g/mol. The van der Waals surface area contributed by atoms with Crippen LogP contribution in [0.1, 0.15) is 26.9 Å². The van der Waals surface area contributed by atoms with Crippen molar-refractivity contribution in [1.29, 1.82) is 0 Å². The molecule has 0 saturated carbocycles. The fourth-order valence-corrected chi connectivity index (χ4v) is 3.01. The maximum Gasteiger partial charge on any atom is 0.373 e. The zero-order valence-corrected chi connectivity index (χ0v) is 11.2. The van der Waals surface area contributed by atoms with Gasteiger partial charge in [-0.25, -0.2) is 9.78 Å². The van der Waals surface area contributed by atoms with Crippen molar-refractivity contribution in [1.82, 2.24) is 9.88 Å². The van der Waals surface area contributed by atoms with Crippen LogP contribution in [0.25, 0.3) is 0 Å². The molecule has 0 aliphatic carbocycles. The largest absolute Gasteiger partial charge is 0.463 e. The molecule has 6 nitrogen and oxygen atoms in total. The van der Waals surface area contributed by atoms with E-state index in [1.165, 1.54) is 23.3 Å². The number of nitrogen functional groups attached to an aromatic ring is 1. The van der Waals surface area contributed by atoms with E-state index in [1.807, 2.05) is 0 Å². The van der Waals surface area contributed by atoms with Gasteiger partial charge in [-0.1, -0.05) is 0 Å². The molecule has 2 N–H and O–H groups in total. The van der Waals surface area contributed by atoms with Gasteiger partial charge >= 0.3 is 5.97 Å². The number of rotatable bonds is 3. The van der Waals surface area contributed by atoms with Crippen molar-refractivity contribution in [2.45, 2.75) is 19.6 Å². The van der Waals surface area contributed by atoms with E-state index in [9.17, 15) is 4.79 Å². The van der Waals surface area contributed by atoms with Gasteiger partial charge in [-0.3, -0.25) is 4.90 Å². The number of nitrogens with zero attached hydrogens (tertiary/aromatic N) is 2. The monoisotopic (exact) mass is 279 g/mol. The number of esters is 1. The van der Waals surface area contributed by atoms with Gasteiger partial charge in [-0.05, 0) is 12.1 Å². The van der Waals surface area contributed by atoms with E-state index in [1.54, 1.807) is 12.1 Å². The molecule has 0 fully saturated rings. The van der Waals surface area contributed by atoms with E-state index >= 15 is 0 Å². The zero-order chi connectivity index (χ0) is 13.4. The third-order valence-electron chi connectivity index (χ3n) is 2.96. The lowest BCUT2D eigenvalue weighted by Gasteiger charge is -2.12. The number of carbonyl (C=O) groups excluding carboxylic acids is 1. The van der Waals surface area contributed by atoms with Gasteiger partial charge in [0.1, 0.15) is 5.76 Å². The maximum absolute atomic E-state index is 11.3. The Morgan fingerprint density at radius 3 is 3.16 bits per heavy atom. The average molecular weight is 279 g/mol. The first kappa shape index (κ1) is 12.2. The quantitative estimate of drug-likeness (QED) is 0.860. The van der Waals surface area contributed by atoms with Crippen LogP contribution in [0.15, 0.2) is 16.5 Å². The molecule has 0 unspecified atom stereocenters. The molecule has 0 amide bonds. The molecule has 3 heterocycles. The van der Waals surface area contributed by atoms with Gasteiger partial charge in [0.25, 0.3) is 0 Å². The molecule has 3 rings (SSSR count). The van der Waals surface area contributed by atoms with Crippen LogP contribution in [-0.2, 0) is 24.4 Å². The first-order valence-electron chi connectivity index (χ1n) is 5.79. The van der Waals surface area contributed by atoms with Crippen molar-refractivity contribution in [3.8, 4) is 0 Å². The summed E-state index contributed by atoms with van der Waals surface area (Å²) in [5.41, 5.74) is 6.70. The summed E-state index contributed by atoms with van der Waals surface area (Å²) in [6, 6.07) is 3.42. The number of fused-ring (bicyclic) bond motifs is 1. The number of furan rings is 1. The van der Waals surface area contributed by atoms with Crippen LogP contribution in [0.4, 0.5) is 5.13 Å². The van der Waals surface area contributed by atoms with E-state index in [4.69, 9.17) is 10.2 Å². The predicted molar refractivity (Wildman–Crippen MR) is 69.5 cm³/mol. The van der Waals surface area contributed by atoms with E-state index in [0.717, 1.165) is 24.5 Å². The molecule has 0 bridgehead atoms. The van der Waals surface area contributed by atoms with E-state index in [0.29, 0.717) is 11.7 Å². The first-order valence-corrected chi connectivity index (χ1v) is 6.61. The average Bonchev–Trinajstić information content (AvgIpc) is 3.03. The highest BCUT2D eigenvalue weighted by atomic mass is 32.1. The Labute approximate surface area is 113 Å². The lowest BCUT2D eigenvalue weighted by Crippen LogP contribution is -2.15. The third kappa shape index (κ3) is 2.34. The predicted octanol–water partition coefficient (Wildman–Crippen LogP) is 1.62. The van der Waals surface area contributed by atoms with E-state index in [-0.39, 0.29) is 5.76 Å². The van der Waals surface area contributed by atoms with E-state index < -0.39 is 5.97 Å². The van der Waals surface area contributed by atoms with Crippen molar-refractivity contribution in [3.63, 3.8) is 0 Å². The highest BCUT2D eigenvalue weighted by Gasteiger charge is 2.24. The lowest BCUT2D eigenvalue weighted by molar-refractivity contribution is 0.0561.